The fraction of sp³-hybridized carbons (Fsp3) is 0.250. The van der Waals surface area contributed by atoms with E-state index in [1.54, 1.807) is 13.2 Å². The van der Waals surface area contributed by atoms with E-state index in [0.717, 1.165) is 20.6 Å². The van der Waals surface area contributed by atoms with Crippen LogP contribution >= 0.6 is 22.6 Å². The molecule has 0 aliphatic heterocycles. The van der Waals surface area contributed by atoms with Crippen LogP contribution in [0.2, 0.25) is 0 Å². The van der Waals surface area contributed by atoms with E-state index in [1.807, 2.05) is 31.2 Å². The third-order valence-corrected chi connectivity index (χ3v) is 4.48. The van der Waals surface area contributed by atoms with E-state index in [0.29, 0.717) is 6.54 Å². The number of benzene rings is 1. The third-order valence-electron chi connectivity index (χ3n) is 3.34. The molecule has 0 unspecified atom stereocenters. The summed E-state index contributed by atoms with van der Waals surface area (Å²) in [7, 11) is 1.61. The molecule has 2 rings (SSSR count). The number of nitrogens with zero attached hydrogens (tertiary/aromatic N) is 1. The summed E-state index contributed by atoms with van der Waals surface area (Å²) in [6, 6.07) is 10.7. The van der Waals surface area contributed by atoms with Crippen LogP contribution < -0.4 is 15.6 Å². The van der Waals surface area contributed by atoms with Gasteiger partial charge in [0.1, 0.15) is 12.3 Å². The van der Waals surface area contributed by atoms with Crippen LogP contribution in [0.1, 0.15) is 11.3 Å². The van der Waals surface area contributed by atoms with Crippen LogP contribution in [0, 0.1) is 10.5 Å². The molecule has 1 aromatic carbocycles. The first-order chi connectivity index (χ1) is 10.5. The van der Waals surface area contributed by atoms with Gasteiger partial charge >= 0.3 is 0 Å². The van der Waals surface area contributed by atoms with Crippen molar-refractivity contribution in [2.24, 2.45) is 0 Å². The van der Waals surface area contributed by atoms with Crippen molar-refractivity contribution in [1.82, 2.24) is 9.88 Å². The Morgan fingerprint density at radius 2 is 1.91 bits per heavy atom. The Kier molecular flexibility index (Phi) is 5.59. The fourth-order valence-electron chi connectivity index (χ4n) is 1.99. The molecule has 1 amide bonds. The number of hydrogen-bond acceptors (Lipinski definition) is 3. The number of methoxy groups -OCH3 is 1. The van der Waals surface area contributed by atoms with Crippen molar-refractivity contribution in [3.05, 3.63) is 61.6 Å². The van der Waals surface area contributed by atoms with Gasteiger partial charge in [0.25, 0.3) is 5.56 Å². The number of nitrogens with one attached hydrogen (secondary N) is 1. The highest BCUT2D eigenvalue weighted by atomic mass is 127. The van der Waals surface area contributed by atoms with Crippen molar-refractivity contribution in [1.29, 1.82) is 0 Å². The zero-order valence-corrected chi connectivity index (χ0v) is 14.6. The second-order valence-electron chi connectivity index (χ2n) is 4.82. The SMILES string of the molecule is COc1ccc(CNC(=O)Cn2c(C)c(I)ccc2=O)cc1. The normalized spacial score (nSPS) is 10.3. The highest BCUT2D eigenvalue weighted by molar-refractivity contribution is 14.1. The lowest BCUT2D eigenvalue weighted by Crippen LogP contribution is -2.33. The summed E-state index contributed by atoms with van der Waals surface area (Å²) in [5.41, 5.74) is 1.60. The maximum Gasteiger partial charge on any atom is 0.251 e. The summed E-state index contributed by atoms with van der Waals surface area (Å²) < 4.78 is 7.52. The van der Waals surface area contributed by atoms with Crippen molar-refractivity contribution in [2.45, 2.75) is 20.0 Å². The lowest BCUT2D eigenvalue weighted by Gasteiger charge is -2.11. The van der Waals surface area contributed by atoms with E-state index < -0.39 is 0 Å². The number of rotatable bonds is 5. The Labute approximate surface area is 142 Å². The van der Waals surface area contributed by atoms with Gasteiger partial charge in [-0.1, -0.05) is 12.1 Å². The fourth-order valence-corrected chi connectivity index (χ4v) is 2.46. The molecule has 0 fully saturated rings. The average molecular weight is 412 g/mol. The second-order valence-corrected chi connectivity index (χ2v) is 5.98. The molecule has 0 radical (unpaired) electrons. The average Bonchev–Trinajstić information content (AvgIpc) is 2.53. The van der Waals surface area contributed by atoms with E-state index in [-0.39, 0.29) is 18.0 Å². The minimum Gasteiger partial charge on any atom is -0.497 e. The molecule has 1 heterocycles. The highest BCUT2D eigenvalue weighted by Crippen LogP contribution is 2.11. The predicted molar refractivity (Wildman–Crippen MR) is 93.0 cm³/mol. The summed E-state index contributed by atoms with van der Waals surface area (Å²) in [6.45, 7) is 2.28. The quantitative estimate of drug-likeness (QED) is 0.766. The standard InChI is InChI=1S/C16H17IN2O3/c1-11-14(17)7-8-16(21)19(11)10-15(20)18-9-12-3-5-13(22-2)6-4-12/h3-8H,9-10H2,1-2H3,(H,18,20). The maximum atomic E-state index is 12.0. The zero-order chi connectivity index (χ0) is 16.1. The molecule has 0 aliphatic carbocycles. The van der Waals surface area contributed by atoms with Crippen LogP contribution in [0.4, 0.5) is 0 Å². The van der Waals surface area contributed by atoms with Gasteiger partial charge in [-0.15, -0.1) is 0 Å². The zero-order valence-electron chi connectivity index (χ0n) is 12.4. The summed E-state index contributed by atoms with van der Waals surface area (Å²) in [5, 5.41) is 2.82. The van der Waals surface area contributed by atoms with E-state index in [1.165, 1.54) is 10.6 Å². The number of aromatic nitrogens is 1. The van der Waals surface area contributed by atoms with Gasteiger partial charge in [-0.25, -0.2) is 0 Å². The van der Waals surface area contributed by atoms with E-state index in [9.17, 15) is 9.59 Å². The molecule has 0 atom stereocenters. The number of halogens is 1. The molecule has 0 spiro atoms. The molecule has 0 bridgehead atoms. The first-order valence-electron chi connectivity index (χ1n) is 6.77. The summed E-state index contributed by atoms with van der Waals surface area (Å²) in [6.07, 6.45) is 0. The number of amides is 1. The van der Waals surface area contributed by atoms with Gasteiger partial charge in [-0.3, -0.25) is 9.59 Å². The molecule has 5 nitrogen and oxygen atoms in total. The summed E-state index contributed by atoms with van der Waals surface area (Å²) in [5.74, 6) is 0.583. The van der Waals surface area contributed by atoms with E-state index >= 15 is 0 Å². The van der Waals surface area contributed by atoms with Crippen molar-refractivity contribution in [3.63, 3.8) is 0 Å². The van der Waals surface area contributed by atoms with Gasteiger partial charge in [0.15, 0.2) is 0 Å². The number of ether oxygens (including phenoxy) is 1. The lowest BCUT2D eigenvalue weighted by molar-refractivity contribution is -0.121. The number of carbonyl (C=O) groups excluding carboxylic acids is 1. The van der Waals surface area contributed by atoms with Gasteiger partial charge < -0.3 is 14.6 Å². The Balaban J connectivity index is 1.98. The molecule has 2 aromatic rings. The van der Waals surface area contributed by atoms with Crippen LogP contribution in [0.5, 0.6) is 5.75 Å². The van der Waals surface area contributed by atoms with E-state index in [4.69, 9.17) is 4.74 Å². The third kappa shape index (κ3) is 4.09. The second kappa shape index (κ2) is 7.44. The van der Waals surface area contributed by atoms with Gasteiger partial charge in [0.05, 0.1) is 7.11 Å². The minimum absolute atomic E-state index is 0.0255. The van der Waals surface area contributed by atoms with Crippen LogP contribution in [0.3, 0.4) is 0 Å². The van der Waals surface area contributed by atoms with Gasteiger partial charge in [-0.05, 0) is 53.3 Å². The lowest BCUT2D eigenvalue weighted by atomic mass is 10.2. The van der Waals surface area contributed by atoms with Gasteiger partial charge in [0.2, 0.25) is 5.91 Å². The molecule has 1 N–H and O–H groups in total. The first-order valence-corrected chi connectivity index (χ1v) is 7.84. The molecule has 0 aliphatic rings. The highest BCUT2D eigenvalue weighted by Gasteiger charge is 2.08. The molecule has 22 heavy (non-hydrogen) atoms. The van der Waals surface area contributed by atoms with Crippen molar-refractivity contribution < 1.29 is 9.53 Å². The maximum absolute atomic E-state index is 12.0. The number of carbonyl (C=O) groups is 1. The van der Waals surface area contributed by atoms with Crippen LogP contribution in [-0.2, 0) is 17.9 Å². The monoisotopic (exact) mass is 412 g/mol. The Morgan fingerprint density at radius 3 is 2.55 bits per heavy atom. The molecule has 6 heteroatoms. The summed E-state index contributed by atoms with van der Waals surface area (Å²) >= 11 is 2.15. The van der Waals surface area contributed by atoms with E-state index in [2.05, 4.69) is 27.9 Å². The first kappa shape index (κ1) is 16.5. The smallest absolute Gasteiger partial charge is 0.251 e. The number of pyridine rings is 1. The molecular formula is C16H17IN2O3. The largest absolute Gasteiger partial charge is 0.497 e. The molecule has 116 valence electrons. The van der Waals surface area contributed by atoms with Crippen molar-refractivity contribution >= 4 is 28.5 Å². The van der Waals surface area contributed by atoms with Crippen LogP contribution in [0.25, 0.3) is 0 Å². The van der Waals surface area contributed by atoms with Crippen LogP contribution in [0.15, 0.2) is 41.2 Å². The van der Waals surface area contributed by atoms with Gasteiger partial charge in [0, 0.05) is 21.9 Å². The molecule has 0 saturated carbocycles. The Hall–Kier alpha value is -1.83. The van der Waals surface area contributed by atoms with Crippen molar-refractivity contribution in [3.8, 4) is 5.75 Å². The van der Waals surface area contributed by atoms with Crippen molar-refractivity contribution in [2.75, 3.05) is 7.11 Å². The van der Waals surface area contributed by atoms with Crippen LogP contribution in [-0.4, -0.2) is 17.6 Å². The Morgan fingerprint density at radius 1 is 1.23 bits per heavy atom. The van der Waals surface area contributed by atoms with Gasteiger partial charge in [-0.2, -0.15) is 0 Å². The Bertz CT molecular complexity index is 723. The summed E-state index contributed by atoms with van der Waals surface area (Å²) in [4.78, 5) is 23.9. The predicted octanol–water partition coefficient (Wildman–Crippen LogP) is 2.09. The molecular weight excluding hydrogens is 395 g/mol. The number of hydrogen-bond donors (Lipinski definition) is 1. The minimum atomic E-state index is -0.192. The molecule has 1 aromatic heterocycles. The topological polar surface area (TPSA) is 60.3 Å². The molecule has 0 saturated heterocycles.